The van der Waals surface area contributed by atoms with E-state index >= 15 is 0 Å². The van der Waals surface area contributed by atoms with Crippen molar-refractivity contribution in [2.45, 2.75) is 18.9 Å². The van der Waals surface area contributed by atoms with Crippen molar-refractivity contribution in [1.29, 1.82) is 0 Å². The molecule has 0 saturated carbocycles. The molecule has 0 fully saturated rings. The predicted molar refractivity (Wildman–Crippen MR) is 107 cm³/mol. The Morgan fingerprint density at radius 2 is 1.96 bits per heavy atom. The number of halogens is 2. The van der Waals surface area contributed by atoms with Gasteiger partial charge >= 0.3 is 0 Å². The Morgan fingerprint density at radius 1 is 1.27 bits per heavy atom. The van der Waals surface area contributed by atoms with E-state index in [1.54, 1.807) is 29.2 Å². The Kier molecular flexibility index (Phi) is 5.72. The SMILES string of the molecule is CS(=O)(=O)N[C@H](CC(=O)N1CCc2cc(Br)ccc21)c1ccc(Cl)cc1. The Labute approximate surface area is 166 Å². The van der Waals surface area contributed by atoms with Crippen LogP contribution in [0.1, 0.15) is 23.6 Å². The van der Waals surface area contributed by atoms with Crippen LogP contribution in [0.15, 0.2) is 46.9 Å². The van der Waals surface area contributed by atoms with E-state index in [1.807, 2.05) is 18.2 Å². The molecule has 5 nitrogen and oxygen atoms in total. The van der Waals surface area contributed by atoms with Crippen molar-refractivity contribution >= 4 is 49.1 Å². The summed E-state index contributed by atoms with van der Waals surface area (Å²) in [5.74, 6) is -0.123. The van der Waals surface area contributed by atoms with E-state index in [-0.39, 0.29) is 12.3 Å². The highest BCUT2D eigenvalue weighted by Crippen LogP contribution is 2.32. The number of benzene rings is 2. The molecular formula is C18H18BrClN2O3S. The summed E-state index contributed by atoms with van der Waals surface area (Å²) in [6.07, 6.45) is 1.90. The van der Waals surface area contributed by atoms with Gasteiger partial charge in [0.2, 0.25) is 15.9 Å². The van der Waals surface area contributed by atoms with E-state index in [4.69, 9.17) is 11.6 Å². The molecule has 0 spiro atoms. The van der Waals surface area contributed by atoms with Crippen molar-refractivity contribution in [3.63, 3.8) is 0 Å². The number of sulfonamides is 1. The van der Waals surface area contributed by atoms with Crippen LogP contribution in [0.5, 0.6) is 0 Å². The average molecular weight is 458 g/mol. The minimum absolute atomic E-state index is 0.0320. The zero-order chi connectivity index (χ0) is 18.9. The van der Waals surface area contributed by atoms with Crippen LogP contribution in [0.2, 0.25) is 5.02 Å². The molecule has 3 rings (SSSR count). The lowest BCUT2D eigenvalue weighted by atomic mass is 10.0. The number of nitrogens with zero attached hydrogens (tertiary/aromatic N) is 1. The number of rotatable bonds is 5. The summed E-state index contributed by atoms with van der Waals surface area (Å²) in [5.41, 5.74) is 2.68. The van der Waals surface area contributed by atoms with Gasteiger partial charge in [-0.25, -0.2) is 13.1 Å². The van der Waals surface area contributed by atoms with Crippen LogP contribution < -0.4 is 9.62 Å². The average Bonchev–Trinajstić information content (AvgIpc) is 2.96. The Balaban J connectivity index is 1.83. The Bertz CT molecular complexity index is 932. The normalized spacial score (nSPS) is 15.0. The summed E-state index contributed by atoms with van der Waals surface area (Å²) >= 11 is 9.35. The third-order valence-electron chi connectivity index (χ3n) is 4.25. The molecular weight excluding hydrogens is 440 g/mol. The van der Waals surface area contributed by atoms with Crippen LogP contribution in [0, 0.1) is 0 Å². The van der Waals surface area contributed by atoms with Crippen molar-refractivity contribution in [3.05, 3.63) is 63.1 Å². The molecule has 1 amide bonds. The van der Waals surface area contributed by atoms with E-state index in [0.717, 1.165) is 28.4 Å². The second-order valence-corrected chi connectivity index (χ2v) is 9.40. The second kappa shape index (κ2) is 7.68. The first-order valence-electron chi connectivity index (χ1n) is 8.04. The van der Waals surface area contributed by atoms with Crippen molar-refractivity contribution in [3.8, 4) is 0 Å². The largest absolute Gasteiger partial charge is 0.312 e. The van der Waals surface area contributed by atoms with Crippen LogP contribution >= 0.6 is 27.5 Å². The van der Waals surface area contributed by atoms with E-state index in [9.17, 15) is 13.2 Å². The quantitative estimate of drug-likeness (QED) is 0.745. The van der Waals surface area contributed by atoms with Crippen molar-refractivity contribution in [2.75, 3.05) is 17.7 Å². The van der Waals surface area contributed by atoms with Crippen LogP contribution in [0.3, 0.4) is 0 Å². The van der Waals surface area contributed by atoms with Gasteiger partial charge in [-0.05, 0) is 47.9 Å². The highest BCUT2D eigenvalue weighted by Gasteiger charge is 2.28. The number of nitrogens with one attached hydrogen (secondary N) is 1. The van der Waals surface area contributed by atoms with Crippen molar-refractivity contribution in [2.24, 2.45) is 0 Å². The lowest BCUT2D eigenvalue weighted by Gasteiger charge is -2.22. The van der Waals surface area contributed by atoms with Gasteiger partial charge in [-0.1, -0.05) is 39.7 Å². The molecule has 2 aromatic carbocycles. The molecule has 0 radical (unpaired) electrons. The molecule has 1 N–H and O–H groups in total. The molecule has 0 aromatic heterocycles. The first kappa shape index (κ1) is 19.4. The minimum Gasteiger partial charge on any atom is -0.312 e. The number of fused-ring (bicyclic) bond motifs is 1. The molecule has 0 saturated heterocycles. The van der Waals surface area contributed by atoms with Crippen LogP contribution in [-0.4, -0.2) is 27.1 Å². The van der Waals surface area contributed by atoms with Gasteiger partial charge in [-0.15, -0.1) is 0 Å². The molecule has 0 bridgehead atoms. The first-order valence-corrected chi connectivity index (χ1v) is 11.1. The second-order valence-electron chi connectivity index (χ2n) is 6.27. The van der Waals surface area contributed by atoms with Gasteiger partial charge < -0.3 is 4.90 Å². The smallest absolute Gasteiger partial charge is 0.228 e. The van der Waals surface area contributed by atoms with Crippen LogP contribution in [0.4, 0.5) is 5.69 Å². The zero-order valence-electron chi connectivity index (χ0n) is 14.1. The number of carbonyl (C=O) groups excluding carboxylic acids is 1. The van der Waals surface area contributed by atoms with Crippen LogP contribution in [-0.2, 0) is 21.2 Å². The molecule has 0 unspecified atom stereocenters. The Morgan fingerprint density at radius 3 is 2.62 bits per heavy atom. The van der Waals surface area contributed by atoms with E-state index in [2.05, 4.69) is 20.7 Å². The highest BCUT2D eigenvalue weighted by atomic mass is 79.9. The van der Waals surface area contributed by atoms with E-state index in [0.29, 0.717) is 17.1 Å². The van der Waals surface area contributed by atoms with Crippen molar-refractivity contribution in [1.82, 2.24) is 4.72 Å². The lowest BCUT2D eigenvalue weighted by Crippen LogP contribution is -2.35. The maximum absolute atomic E-state index is 12.9. The van der Waals surface area contributed by atoms with Gasteiger partial charge in [0.25, 0.3) is 0 Å². The summed E-state index contributed by atoms with van der Waals surface area (Å²) < 4.78 is 27.0. The topological polar surface area (TPSA) is 66.5 Å². The molecule has 1 aliphatic heterocycles. The standard InChI is InChI=1S/C18H18BrClN2O3S/c1-26(24,25)21-16(12-2-5-15(20)6-3-12)11-18(23)22-9-8-13-10-14(19)4-7-17(13)22/h2-7,10,16,21H,8-9,11H2,1H3/t16-/m1/s1. The van der Waals surface area contributed by atoms with Gasteiger partial charge in [0.1, 0.15) is 0 Å². The summed E-state index contributed by atoms with van der Waals surface area (Å²) in [6, 6.07) is 12.0. The molecule has 26 heavy (non-hydrogen) atoms. The predicted octanol–water partition coefficient (Wildman–Crippen LogP) is 3.67. The zero-order valence-corrected chi connectivity index (χ0v) is 17.2. The number of hydrogen-bond acceptors (Lipinski definition) is 3. The van der Waals surface area contributed by atoms with E-state index < -0.39 is 16.1 Å². The fourth-order valence-corrected chi connectivity index (χ4v) is 4.37. The molecule has 1 heterocycles. The van der Waals surface area contributed by atoms with Crippen LogP contribution in [0.25, 0.3) is 0 Å². The maximum Gasteiger partial charge on any atom is 0.228 e. The molecule has 1 aliphatic rings. The lowest BCUT2D eigenvalue weighted by molar-refractivity contribution is -0.118. The number of anilines is 1. The summed E-state index contributed by atoms with van der Waals surface area (Å²) in [4.78, 5) is 14.6. The molecule has 2 aromatic rings. The molecule has 138 valence electrons. The fourth-order valence-electron chi connectivity index (χ4n) is 3.10. The summed E-state index contributed by atoms with van der Waals surface area (Å²) in [7, 11) is -3.48. The van der Waals surface area contributed by atoms with Gasteiger partial charge in [-0.2, -0.15) is 0 Å². The third-order valence-corrected chi connectivity index (χ3v) is 5.70. The summed E-state index contributed by atoms with van der Waals surface area (Å²) in [5, 5.41) is 0.553. The number of amides is 1. The van der Waals surface area contributed by atoms with Gasteiger partial charge in [0, 0.05) is 28.1 Å². The van der Waals surface area contributed by atoms with Gasteiger partial charge in [0.15, 0.2) is 0 Å². The molecule has 0 aliphatic carbocycles. The van der Waals surface area contributed by atoms with Gasteiger partial charge in [-0.3, -0.25) is 4.79 Å². The minimum atomic E-state index is -3.48. The van der Waals surface area contributed by atoms with E-state index in [1.165, 1.54) is 0 Å². The third kappa shape index (κ3) is 4.65. The van der Waals surface area contributed by atoms with Crippen molar-refractivity contribution < 1.29 is 13.2 Å². The first-order chi connectivity index (χ1) is 12.2. The maximum atomic E-state index is 12.9. The monoisotopic (exact) mass is 456 g/mol. The molecule has 1 atom stereocenters. The fraction of sp³-hybridized carbons (Fsp3) is 0.278. The van der Waals surface area contributed by atoms with Gasteiger partial charge in [0.05, 0.1) is 12.3 Å². The molecule has 8 heteroatoms. The number of hydrogen-bond donors (Lipinski definition) is 1. The highest BCUT2D eigenvalue weighted by molar-refractivity contribution is 9.10. The summed E-state index contributed by atoms with van der Waals surface area (Å²) in [6.45, 7) is 0.594. The Hall–Kier alpha value is -1.41. The number of carbonyl (C=O) groups is 1.